The van der Waals surface area contributed by atoms with Crippen LogP contribution in [-0.4, -0.2) is 37.6 Å². The maximum absolute atomic E-state index is 10.5. The van der Waals surface area contributed by atoms with E-state index in [-0.39, 0.29) is 19.3 Å². The normalized spacial score (nSPS) is 22.9. The molecule has 4 nitrogen and oxygen atoms in total. The highest BCUT2D eigenvalue weighted by Crippen LogP contribution is 2.21. The number of rotatable bonds is 6. The molecule has 2 rings (SSSR count). The lowest BCUT2D eigenvalue weighted by Gasteiger charge is -2.27. The van der Waals surface area contributed by atoms with Crippen molar-refractivity contribution in [3.8, 4) is 0 Å². The van der Waals surface area contributed by atoms with Gasteiger partial charge in [0.05, 0.1) is 19.3 Å². The average molecular weight is 251 g/mol. The maximum atomic E-state index is 10.5. The molecule has 4 heteroatoms. The van der Waals surface area contributed by atoms with Crippen molar-refractivity contribution in [1.82, 2.24) is 0 Å². The molecule has 1 fully saturated rings. The Balaban J connectivity index is 1.87. The van der Waals surface area contributed by atoms with Crippen LogP contribution in [0.25, 0.3) is 0 Å². The van der Waals surface area contributed by atoms with Gasteiger partial charge in [-0.1, -0.05) is 30.3 Å². The predicted molar refractivity (Wildman–Crippen MR) is 69.2 cm³/mol. The Morgan fingerprint density at radius 1 is 1.39 bits per heavy atom. The first-order valence-electron chi connectivity index (χ1n) is 6.42. The van der Waals surface area contributed by atoms with E-state index in [2.05, 4.69) is 0 Å². The summed E-state index contributed by atoms with van der Waals surface area (Å²) in [7, 11) is 0. The van der Waals surface area contributed by atoms with Gasteiger partial charge >= 0.3 is 0 Å². The second kappa shape index (κ2) is 6.29. The molecule has 1 aliphatic rings. The zero-order valence-corrected chi connectivity index (χ0v) is 10.5. The molecule has 0 amide bonds. The predicted octanol–water partition coefficient (Wildman–Crippen LogP) is 1.03. The van der Waals surface area contributed by atoms with Crippen molar-refractivity contribution in [2.24, 2.45) is 5.73 Å². The van der Waals surface area contributed by atoms with Gasteiger partial charge in [0.25, 0.3) is 0 Å². The number of aliphatic hydroxyl groups is 1. The molecule has 0 aliphatic carbocycles. The molecule has 2 atom stereocenters. The molecule has 0 bridgehead atoms. The summed E-state index contributed by atoms with van der Waals surface area (Å²) in [6.07, 6.45) is 2.29. The third kappa shape index (κ3) is 3.29. The van der Waals surface area contributed by atoms with Crippen molar-refractivity contribution in [2.75, 3.05) is 26.4 Å². The van der Waals surface area contributed by atoms with Gasteiger partial charge in [-0.3, -0.25) is 0 Å². The van der Waals surface area contributed by atoms with Crippen LogP contribution in [-0.2, 0) is 15.1 Å². The lowest BCUT2D eigenvalue weighted by Crippen LogP contribution is -2.40. The van der Waals surface area contributed by atoms with E-state index in [9.17, 15) is 5.11 Å². The Kier molecular flexibility index (Phi) is 4.72. The molecule has 100 valence electrons. The van der Waals surface area contributed by atoms with Crippen LogP contribution in [0.1, 0.15) is 18.4 Å². The molecule has 0 saturated carbocycles. The van der Waals surface area contributed by atoms with Crippen LogP contribution in [0.4, 0.5) is 0 Å². The maximum Gasteiger partial charge on any atom is 0.125 e. The van der Waals surface area contributed by atoms with Crippen LogP contribution in [0.3, 0.4) is 0 Å². The first-order valence-corrected chi connectivity index (χ1v) is 6.42. The first-order chi connectivity index (χ1) is 8.74. The second-order valence-corrected chi connectivity index (χ2v) is 4.75. The molecule has 3 N–H and O–H groups in total. The highest BCUT2D eigenvalue weighted by molar-refractivity contribution is 5.22. The molecule has 0 spiro atoms. The summed E-state index contributed by atoms with van der Waals surface area (Å²) >= 11 is 0. The van der Waals surface area contributed by atoms with E-state index in [4.69, 9.17) is 15.2 Å². The summed E-state index contributed by atoms with van der Waals surface area (Å²) in [5.41, 5.74) is 5.35. The monoisotopic (exact) mass is 251 g/mol. The van der Waals surface area contributed by atoms with Crippen molar-refractivity contribution in [3.63, 3.8) is 0 Å². The largest absolute Gasteiger partial charge is 0.381 e. The highest BCUT2D eigenvalue weighted by Gasteiger charge is 2.28. The third-order valence-electron chi connectivity index (χ3n) is 3.32. The molecule has 1 aromatic carbocycles. The summed E-state index contributed by atoms with van der Waals surface area (Å²) in [6.45, 7) is 1.68. The summed E-state index contributed by atoms with van der Waals surface area (Å²) < 4.78 is 11.0. The Hall–Kier alpha value is -0.940. The Labute approximate surface area is 108 Å². The van der Waals surface area contributed by atoms with Crippen LogP contribution in [0.15, 0.2) is 30.3 Å². The van der Waals surface area contributed by atoms with Gasteiger partial charge in [-0.15, -0.1) is 0 Å². The van der Waals surface area contributed by atoms with E-state index < -0.39 is 5.60 Å². The van der Waals surface area contributed by atoms with Gasteiger partial charge in [-0.2, -0.15) is 0 Å². The number of nitrogens with two attached hydrogens (primary N) is 1. The van der Waals surface area contributed by atoms with E-state index in [1.807, 2.05) is 30.3 Å². The van der Waals surface area contributed by atoms with Gasteiger partial charge in [0.1, 0.15) is 5.60 Å². The van der Waals surface area contributed by atoms with Gasteiger partial charge in [-0.05, 0) is 18.4 Å². The zero-order chi connectivity index (χ0) is 12.8. The van der Waals surface area contributed by atoms with E-state index >= 15 is 0 Å². The van der Waals surface area contributed by atoms with E-state index in [0.717, 1.165) is 25.0 Å². The molecule has 1 saturated heterocycles. The molecular weight excluding hydrogens is 230 g/mol. The topological polar surface area (TPSA) is 64.7 Å². The van der Waals surface area contributed by atoms with Crippen molar-refractivity contribution >= 4 is 0 Å². The molecule has 1 aromatic rings. The lowest BCUT2D eigenvalue weighted by atomic mass is 9.95. The average Bonchev–Trinajstić information content (AvgIpc) is 2.93. The number of benzene rings is 1. The van der Waals surface area contributed by atoms with Crippen LogP contribution < -0.4 is 5.73 Å². The molecule has 0 aromatic heterocycles. The molecule has 18 heavy (non-hydrogen) atoms. The SMILES string of the molecule is NCC(O)(COCC1CCCO1)c1ccccc1. The van der Waals surface area contributed by atoms with E-state index in [1.165, 1.54) is 0 Å². The Morgan fingerprint density at radius 3 is 2.78 bits per heavy atom. The number of hydrogen-bond acceptors (Lipinski definition) is 4. The Morgan fingerprint density at radius 2 is 2.17 bits per heavy atom. The minimum atomic E-state index is -1.11. The standard InChI is InChI=1S/C14H21NO3/c15-10-14(16,12-5-2-1-3-6-12)11-17-9-13-7-4-8-18-13/h1-3,5-6,13,16H,4,7-11,15H2. The van der Waals surface area contributed by atoms with Crippen LogP contribution in [0.2, 0.25) is 0 Å². The van der Waals surface area contributed by atoms with Crippen molar-refractivity contribution in [1.29, 1.82) is 0 Å². The van der Waals surface area contributed by atoms with Crippen LogP contribution >= 0.6 is 0 Å². The van der Waals surface area contributed by atoms with Crippen molar-refractivity contribution in [3.05, 3.63) is 35.9 Å². The fraction of sp³-hybridized carbons (Fsp3) is 0.571. The molecule has 1 heterocycles. The fourth-order valence-electron chi connectivity index (χ4n) is 2.14. The van der Waals surface area contributed by atoms with Crippen molar-refractivity contribution < 1.29 is 14.6 Å². The van der Waals surface area contributed by atoms with Crippen LogP contribution in [0, 0.1) is 0 Å². The third-order valence-corrected chi connectivity index (χ3v) is 3.32. The zero-order valence-electron chi connectivity index (χ0n) is 10.5. The molecule has 1 aliphatic heterocycles. The van der Waals surface area contributed by atoms with Gasteiger partial charge in [0, 0.05) is 13.2 Å². The van der Waals surface area contributed by atoms with E-state index in [1.54, 1.807) is 0 Å². The smallest absolute Gasteiger partial charge is 0.125 e. The lowest BCUT2D eigenvalue weighted by molar-refractivity contribution is -0.0677. The molecule has 0 radical (unpaired) electrons. The van der Waals surface area contributed by atoms with Gasteiger partial charge in [-0.25, -0.2) is 0 Å². The number of hydrogen-bond donors (Lipinski definition) is 2. The highest BCUT2D eigenvalue weighted by atomic mass is 16.5. The summed E-state index contributed by atoms with van der Waals surface area (Å²) in [5, 5.41) is 10.5. The van der Waals surface area contributed by atoms with Gasteiger partial charge < -0.3 is 20.3 Å². The fourth-order valence-corrected chi connectivity index (χ4v) is 2.14. The van der Waals surface area contributed by atoms with Gasteiger partial charge in [0.2, 0.25) is 0 Å². The quantitative estimate of drug-likeness (QED) is 0.792. The minimum absolute atomic E-state index is 0.141. The van der Waals surface area contributed by atoms with Crippen molar-refractivity contribution in [2.45, 2.75) is 24.5 Å². The van der Waals surface area contributed by atoms with Gasteiger partial charge in [0.15, 0.2) is 0 Å². The molecule has 2 unspecified atom stereocenters. The number of ether oxygens (including phenoxy) is 2. The van der Waals surface area contributed by atoms with E-state index in [0.29, 0.717) is 6.61 Å². The van der Waals surface area contributed by atoms with Crippen LogP contribution in [0.5, 0.6) is 0 Å². The minimum Gasteiger partial charge on any atom is -0.381 e. The summed E-state index contributed by atoms with van der Waals surface area (Å²) in [4.78, 5) is 0. The second-order valence-electron chi connectivity index (χ2n) is 4.75. The Bertz CT molecular complexity index is 351. The first kappa shape index (κ1) is 13.5. The summed E-state index contributed by atoms with van der Waals surface area (Å²) in [5.74, 6) is 0. The molecular formula is C14H21NO3. The summed E-state index contributed by atoms with van der Waals surface area (Å²) in [6, 6.07) is 9.41.